The third-order valence-electron chi connectivity index (χ3n) is 3.77. The molecule has 0 fully saturated rings. The summed E-state index contributed by atoms with van der Waals surface area (Å²) in [6, 6.07) is 5.64. The van der Waals surface area contributed by atoms with Gasteiger partial charge in [-0.05, 0) is 39.0 Å². The van der Waals surface area contributed by atoms with E-state index in [1.807, 2.05) is 0 Å². The van der Waals surface area contributed by atoms with Gasteiger partial charge in [0, 0.05) is 10.5 Å². The van der Waals surface area contributed by atoms with Crippen LogP contribution in [0.3, 0.4) is 0 Å². The molecule has 1 aliphatic rings. The molecule has 0 aliphatic carbocycles. The van der Waals surface area contributed by atoms with Crippen molar-refractivity contribution in [3.05, 3.63) is 55.8 Å². The minimum atomic E-state index is -0.753. The summed E-state index contributed by atoms with van der Waals surface area (Å²) in [6.45, 7) is 5.15. The highest BCUT2D eigenvalue weighted by Crippen LogP contribution is 2.27. The molecule has 1 aromatic carbocycles. The van der Waals surface area contributed by atoms with Gasteiger partial charge < -0.3 is 10.5 Å². The molecule has 8 nitrogen and oxygen atoms in total. The van der Waals surface area contributed by atoms with E-state index in [2.05, 4.69) is 21.2 Å². The zero-order valence-corrected chi connectivity index (χ0v) is 16.3. The number of aromatic nitrogens is 1. The van der Waals surface area contributed by atoms with Gasteiger partial charge in [-0.2, -0.15) is 0 Å². The second-order valence-electron chi connectivity index (χ2n) is 6.94. The van der Waals surface area contributed by atoms with Crippen molar-refractivity contribution in [2.75, 3.05) is 5.73 Å². The lowest BCUT2D eigenvalue weighted by molar-refractivity contribution is 0.00693. The molecular weight excluding hydrogens is 418 g/mol. The molecule has 0 spiro atoms. The quantitative estimate of drug-likeness (QED) is 0.551. The smallest absolute Gasteiger partial charge is 0.340 e. The number of carbonyl (C=O) groups excluding carboxylic acids is 3. The molecule has 27 heavy (non-hydrogen) atoms. The second-order valence-corrected chi connectivity index (χ2v) is 7.85. The van der Waals surface area contributed by atoms with Crippen molar-refractivity contribution >= 4 is 39.5 Å². The average molecular weight is 434 g/mol. The molecular formula is C18H16BrN3O5. The number of esters is 1. The number of hydrogen-bond acceptors (Lipinski definition) is 6. The summed E-state index contributed by atoms with van der Waals surface area (Å²) in [5.41, 5.74) is 4.68. The minimum Gasteiger partial charge on any atom is -0.456 e. The van der Waals surface area contributed by atoms with Gasteiger partial charge in [0.1, 0.15) is 11.4 Å². The van der Waals surface area contributed by atoms with Crippen molar-refractivity contribution in [1.82, 2.24) is 9.88 Å². The van der Waals surface area contributed by atoms with Gasteiger partial charge in [0.05, 0.1) is 22.4 Å². The molecule has 9 heteroatoms. The van der Waals surface area contributed by atoms with Crippen molar-refractivity contribution in [1.29, 1.82) is 0 Å². The largest absolute Gasteiger partial charge is 0.456 e. The zero-order chi connectivity index (χ0) is 20.1. The van der Waals surface area contributed by atoms with Crippen LogP contribution < -0.4 is 16.6 Å². The number of anilines is 1. The Morgan fingerprint density at radius 1 is 1.15 bits per heavy atom. The molecule has 0 radical (unpaired) electrons. The lowest BCUT2D eigenvalue weighted by Crippen LogP contribution is -2.28. The number of nitrogens with zero attached hydrogens (tertiary/aromatic N) is 1. The number of halogens is 1. The van der Waals surface area contributed by atoms with E-state index in [-0.39, 0.29) is 28.2 Å². The maximum Gasteiger partial charge on any atom is 0.340 e. The van der Waals surface area contributed by atoms with Crippen LogP contribution in [0.15, 0.2) is 33.5 Å². The Labute approximate surface area is 162 Å². The van der Waals surface area contributed by atoms with E-state index >= 15 is 0 Å². The maximum absolute atomic E-state index is 12.6. The fourth-order valence-electron chi connectivity index (χ4n) is 2.73. The van der Waals surface area contributed by atoms with Crippen LogP contribution in [-0.4, -0.2) is 28.0 Å². The van der Waals surface area contributed by atoms with Gasteiger partial charge in [-0.3, -0.25) is 24.3 Å². The van der Waals surface area contributed by atoms with Crippen molar-refractivity contribution in [3.63, 3.8) is 0 Å². The van der Waals surface area contributed by atoms with E-state index in [4.69, 9.17) is 10.5 Å². The Morgan fingerprint density at radius 2 is 1.81 bits per heavy atom. The Morgan fingerprint density at radius 3 is 2.44 bits per heavy atom. The normalized spacial score (nSPS) is 13.3. The fraction of sp³-hybridized carbons (Fsp3) is 0.222. The monoisotopic (exact) mass is 433 g/mol. The number of nitrogen functional groups attached to an aromatic ring is 1. The summed E-state index contributed by atoms with van der Waals surface area (Å²) in [4.78, 5) is 49.1. The average Bonchev–Trinajstić information content (AvgIpc) is 2.81. The Hall–Kier alpha value is -2.94. The van der Waals surface area contributed by atoms with E-state index in [0.29, 0.717) is 4.47 Å². The van der Waals surface area contributed by atoms with Crippen LogP contribution in [0.5, 0.6) is 0 Å². The molecule has 0 atom stereocenters. The highest BCUT2D eigenvalue weighted by Gasteiger charge is 2.33. The van der Waals surface area contributed by atoms with E-state index in [9.17, 15) is 19.2 Å². The van der Waals surface area contributed by atoms with Crippen molar-refractivity contribution < 1.29 is 19.1 Å². The number of nitrogens with one attached hydrogen (secondary N) is 1. The van der Waals surface area contributed by atoms with Crippen LogP contribution in [0.4, 0.5) is 5.82 Å². The summed E-state index contributed by atoms with van der Waals surface area (Å²) in [5, 5.41) is 2.10. The van der Waals surface area contributed by atoms with Crippen LogP contribution in [0, 0.1) is 0 Å². The predicted octanol–water partition coefficient (Wildman–Crippen LogP) is 2.02. The number of amides is 2. The lowest BCUT2D eigenvalue weighted by Gasteiger charge is -2.21. The first-order chi connectivity index (χ1) is 12.5. The SMILES string of the molecule is CC(C)(C)OC(=O)c1cc(Br)ccc1-n1c(N)c2c(cc1=O)C(=O)NC2=O. The fourth-order valence-corrected chi connectivity index (χ4v) is 3.09. The number of ether oxygens (including phenoxy) is 1. The van der Waals surface area contributed by atoms with Crippen molar-refractivity contribution in [2.24, 2.45) is 0 Å². The number of carbonyl (C=O) groups is 3. The van der Waals surface area contributed by atoms with E-state index < -0.39 is 28.9 Å². The van der Waals surface area contributed by atoms with E-state index in [0.717, 1.165) is 10.6 Å². The molecule has 2 aromatic rings. The zero-order valence-electron chi connectivity index (χ0n) is 14.8. The molecule has 0 bridgehead atoms. The van der Waals surface area contributed by atoms with Crippen LogP contribution in [0.1, 0.15) is 51.8 Å². The van der Waals surface area contributed by atoms with Gasteiger partial charge in [0.2, 0.25) is 0 Å². The van der Waals surface area contributed by atoms with Crippen LogP contribution in [0.25, 0.3) is 5.69 Å². The third kappa shape index (κ3) is 3.37. The Balaban J connectivity index is 2.26. The molecule has 2 amide bonds. The molecule has 0 saturated heterocycles. The van der Waals surface area contributed by atoms with Gasteiger partial charge in [-0.1, -0.05) is 15.9 Å². The van der Waals surface area contributed by atoms with Gasteiger partial charge in [0.25, 0.3) is 17.4 Å². The number of imide groups is 1. The number of rotatable bonds is 2. The highest BCUT2D eigenvalue weighted by molar-refractivity contribution is 9.10. The number of fused-ring (bicyclic) bond motifs is 1. The number of hydrogen-bond donors (Lipinski definition) is 2. The van der Waals surface area contributed by atoms with Crippen LogP contribution in [0.2, 0.25) is 0 Å². The third-order valence-corrected chi connectivity index (χ3v) is 4.26. The Bertz CT molecular complexity index is 1070. The van der Waals surface area contributed by atoms with E-state index in [1.54, 1.807) is 26.8 Å². The maximum atomic E-state index is 12.6. The van der Waals surface area contributed by atoms with Crippen molar-refractivity contribution in [2.45, 2.75) is 26.4 Å². The molecule has 1 aliphatic heterocycles. The molecule has 2 heterocycles. The van der Waals surface area contributed by atoms with Crippen LogP contribution in [-0.2, 0) is 4.74 Å². The molecule has 0 saturated carbocycles. The molecule has 3 rings (SSSR count). The highest BCUT2D eigenvalue weighted by atomic mass is 79.9. The molecule has 140 valence electrons. The van der Waals surface area contributed by atoms with Gasteiger partial charge >= 0.3 is 5.97 Å². The predicted molar refractivity (Wildman–Crippen MR) is 101 cm³/mol. The molecule has 3 N–H and O–H groups in total. The minimum absolute atomic E-state index is 0.0813. The van der Waals surface area contributed by atoms with Gasteiger partial charge in [-0.25, -0.2) is 4.79 Å². The lowest BCUT2D eigenvalue weighted by atomic mass is 10.1. The summed E-state index contributed by atoms with van der Waals surface area (Å²) in [5.74, 6) is -2.27. The summed E-state index contributed by atoms with van der Waals surface area (Å²) in [6.07, 6.45) is 0. The standard InChI is InChI=1S/C18H16BrN3O5/c1-18(2,3)27-17(26)9-6-8(19)4-5-11(9)22-12(23)7-10-13(14(22)20)16(25)21-15(10)24/h4-7H,20H2,1-3H3,(H,21,24,25). The Kier molecular flexibility index (Phi) is 4.43. The first kappa shape index (κ1) is 18.8. The summed E-state index contributed by atoms with van der Waals surface area (Å²) >= 11 is 3.29. The van der Waals surface area contributed by atoms with Crippen LogP contribution >= 0.6 is 15.9 Å². The van der Waals surface area contributed by atoms with E-state index in [1.165, 1.54) is 12.1 Å². The van der Waals surface area contributed by atoms with Crippen molar-refractivity contribution in [3.8, 4) is 5.69 Å². The first-order valence-electron chi connectivity index (χ1n) is 7.94. The van der Waals surface area contributed by atoms with Gasteiger partial charge in [0.15, 0.2) is 0 Å². The summed E-state index contributed by atoms with van der Waals surface area (Å²) in [7, 11) is 0. The number of pyridine rings is 1. The molecule has 1 aromatic heterocycles. The number of nitrogens with two attached hydrogens (primary N) is 1. The molecule has 0 unspecified atom stereocenters. The van der Waals surface area contributed by atoms with Gasteiger partial charge in [-0.15, -0.1) is 0 Å². The summed E-state index contributed by atoms with van der Waals surface area (Å²) < 4.78 is 7.01. The first-order valence-corrected chi connectivity index (χ1v) is 8.73. The second kappa shape index (κ2) is 6.34. The number of benzene rings is 1. The topological polar surface area (TPSA) is 120 Å².